The van der Waals surface area contributed by atoms with Gasteiger partial charge >= 0.3 is 12.1 Å². The molecule has 1 saturated heterocycles. The van der Waals surface area contributed by atoms with Crippen LogP contribution in [0.2, 0.25) is 5.02 Å². The first-order chi connectivity index (χ1) is 11.6. The van der Waals surface area contributed by atoms with Gasteiger partial charge in [-0.1, -0.05) is 23.7 Å². The van der Waals surface area contributed by atoms with Gasteiger partial charge in [-0.2, -0.15) is 0 Å². The fourth-order valence-electron chi connectivity index (χ4n) is 2.15. The van der Waals surface area contributed by atoms with Crippen LogP contribution >= 0.6 is 11.6 Å². The summed E-state index contributed by atoms with van der Waals surface area (Å²) in [6.45, 7) is -0.291. The molecule has 2 amide bonds. The third-order valence-corrected chi connectivity index (χ3v) is 3.66. The van der Waals surface area contributed by atoms with Crippen LogP contribution in [0.15, 0.2) is 40.8 Å². The van der Waals surface area contributed by atoms with Crippen LogP contribution in [0.4, 0.5) is 4.79 Å². The molecule has 0 saturated carbocycles. The third kappa shape index (κ3) is 3.26. The van der Waals surface area contributed by atoms with Crippen LogP contribution in [-0.2, 0) is 14.3 Å². The second-order valence-corrected chi connectivity index (χ2v) is 5.29. The molecule has 0 spiro atoms. The Bertz CT molecular complexity index is 799. The Balaban J connectivity index is 1.63. The Hall–Kier alpha value is -2.80. The Morgan fingerprint density at radius 1 is 1.21 bits per heavy atom. The number of carbonyl (C=O) groups excluding carboxylic acids is 3. The number of furan rings is 1. The van der Waals surface area contributed by atoms with Gasteiger partial charge in [-0.05, 0) is 24.3 Å². The van der Waals surface area contributed by atoms with Crippen LogP contribution in [0.3, 0.4) is 0 Å². The molecule has 1 fully saturated rings. The Kier molecular flexibility index (Phi) is 4.52. The number of cyclic esters (lactones) is 1. The van der Waals surface area contributed by atoms with Gasteiger partial charge < -0.3 is 13.9 Å². The molecule has 1 aromatic heterocycles. The van der Waals surface area contributed by atoms with Gasteiger partial charge in [0.05, 0.1) is 11.6 Å². The molecule has 1 aliphatic heterocycles. The van der Waals surface area contributed by atoms with E-state index in [2.05, 4.69) is 4.74 Å². The SMILES string of the molecule is O=C(OCC(=O)N1CCOC1=O)c1ccc(-c2ccccc2Cl)o1. The van der Waals surface area contributed by atoms with Gasteiger partial charge in [0.25, 0.3) is 5.91 Å². The zero-order chi connectivity index (χ0) is 17.1. The minimum Gasteiger partial charge on any atom is -0.450 e. The Morgan fingerprint density at radius 3 is 2.71 bits per heavy atom. The maximum atomic E-state index is 11.9. The van der Waals surface area contributed by atoms with Gasteiger partial charge in [0, 0.05) is 5.56 Å². The molecule has 8 heteroatoms. The number of hydrogen-bond acceptors (Lipinski definition) is 6. The summed E-state index contributed by atoms with van der Waals surface area (Å²) in [5.74, 6) is -1.12. The van der Waals surface area contributed by atoms with E-state index in [1.165, 1.54) is 6.07 Å². The van der Waals surface area contributed by atoms with Crippen molar-refractivity contribution in [2.45, 2.75) is 0 Å². The van der Waals surface area contributed by atoms with Crippen LogP contribution in [-0.4, -0.2) is 42.6 Å². The molecule has 0 bridgehead atoms. The highest BCUT2D eigenvalue weighted by Crippen LogP contribution is 2.29. The predicted octanol–water partition coefficient (Wildman–Crippen LogP) is 2.74. The summed E-state index contributed by atoms with van der Waals surface area (Å²) in [4.78, 5) is 35.8. The van der Waals surface area contributed by atoms with Gasteiger partial charge in [-0.3, -0.25) is 4.79 Å². The number of amides is 2. The zero-order valence-electron chi connectivity index (χ0n) is 12.4. The van der Waals surface area contributed by atoms with Crippen LogP contribution in [0.25, 0.3) is 11.3 Å². The monoisotopic (exact) mass is 349 g/mol. The standard InChI is InChI=1S/C16H12ClNO6/c17-11-4-2-1-3-10(11)12-5-6-13(24-12)15(20)23-9-14(19)18-7-8-22-16(18)21/h1-6H,7-9H2. The molecule has 0 N–H and O–H groups in total. The number of imide groups is 1. The molecule has 1 aromatic carbocycles. The molecule has 1 aliphatic rings. The average Bonchev–Trinajstić information content (AvgIpc) is 3.22. The van der Waals surface area contributed by atoms with E-state index < -0.39 is 24.6 Å². The molecule has 24 heavy (non-hydrogen) atoms. The Morgan fingerprint density at radius 2 is 2.00 bits per heavy atom. The van der Waals surface area contributed by atoms with Crippen molar-refractivity contribution in [3.05, 3.63) is 47.2 Å². The van der Waals surface area contributed by atoms with Gasteiger partial charge in [-0.25, -0.2) is 14.5 Å². The number of esters is 1. The fourth-order valence-corrected chi connectivity index (χ4v) is 2.38. The lowest BCUT2D eigenvalue weighted by molar-refractivity contribution is -0.131. The molecule has 0 radical (unpaired) electrons. The maximum Gasteiger partial charge on any atom is 0.416 e. The molecule has 7 nitrogen and oxygen atoms in total. The van der Waals surface area contributed by atoms with Gasteiger partial charge in [0.2, 0.25) is 5.76 Å². The molecular formula is C16H12ClNO6. The van der Waals surface area contributed by atoms with E-state index in [0.29, 0.717) is 16.3 Å². The predicted molar refractivity (Wildman–Crippen MR) is 82.5 cm³/mol. The summed E-state index contributed by atoms with van der Waals surface area (Å²) in [7, 11) is 0. The summed E-state index contributed by atoms with van der Waals surface area (Å²) in [5, 5.41) is 0.481. The molecule has 3 rings (SSSR count). The topological polar surface area (TPSA) is 86.0 Å². The summed E-state index contributed by atoms with van der Waals surface area (Å²) in [5.41, 5.74) is 0.633. The van der Waals surface area contributed by atoms with E-state index in [1.54, 1.807) is 30.3 Å². The molecule has 2 heterocycles. The van der Waals surface area contributed by atoms with Crippen LogP contribution in [0, 0.1) is 0 Å². The number of rotatable bonds is 4. The number of nitrogens with zero attached hydrogens (tertiary/aromatic N) is 1. The van der Waals surface area contributed by atoms with E-state index in [0.717, 1.165) is 4.90 Å². The minimum absolute atomic E-state index is 0.0679. The third-order valence-electron chi connectivity index (χ3n) is 3.34. The number of carbonyl (C=O) groups is 3. The lowest BCUT2D eigenvalue weighted by Gasteiger charge is -2.10. The summed E-state index contributed by atoms with van der Waals surface area (Å²) < 4.78 is 14.9. The van der Waals surface area contributed by atoms with Gasteiger partial charge in [0.1, 0.15) is 12.4 Å². The van der Waals surface area contributed by atoms with Crippen molar-refractivity contribution < 1.29 is 28.3 Å². The van der Waals surface area contributed by atoms with Crippen LogP contribution in [0.5, 0.6) is 0 Å². The Labute approximate surface area is 141 Å². The summed E-state index contributed by atoms with van der Waals surface area (Å²) >= 11 is 6.07. The van der Waals surface area contributed by atoms with E-state index in [-0.39, 0.29) is 18.9 Å². The quantitative estimate of drug-likeness (QED) is 0.789. The summed E-state index contributed by atoms with van der Waals surface area (Å²) in [6, 6.07) is 10.0. The minimum atomic E-state index is -0.811. The van der Waals surface area contributed by atoms with Crippen molar-refractivity contribution in [1.82, 2.24) is 4.90 Å². The van der Waals surface area contributed by atoms with Crippen LogP contribution < -0.4 is 0 Å². The number of hydrogen-bond donors (Lipinski definition) is 0. The maximum absolute atomic E-state index is 11.9. The molecule has 0 atom stereocenters. The first kappa shape index (κ1) is 16.1. The molecule has 2 aromatic rings. The van der Waals surface area contributed by atoms with Crippen LogP contribution in [0.1, 0.15) is 10.6 Å². The lowest BCUT2D eigenvalue weighted by atomic mass is 10.2. The second-order valence-electron chi connectivity index (χ2n) is 4.88. The van der Waals surface area contributed by atoms with E-state index in [1.807, 2.05) is 0 Å². The van der Waals surface area contributed by atoms with E-state index in [4.69, 9.17) is 20.8 Å². The van der Waals surface area contributed by atoms with Gasteiger partial charge in [-0.15, -0.1) is 0 Å². The van der Waals surface area contributed by atoms with E-state index in [9.17, 15) is 14.4 Å². The van der Waals surface area contributed by atoms with E-state index >= 15 is 0 Å². The number of benzene rings is 1. The van der Waals surface area contributed by atoms with Crippen molar-refractivity contribution >= 4 is 29.6 Å². The molecule has 0 unspecified atom stereocenters. The molecular weight excluding hydrogens is 338 g/mol. The van der Waals surface area contributed by atoms with Crippen molar-refractivity contribution in [3.63, 3.8) is 0 Å². The lowest BCUT2D eigenvalue weighted by Crippen LogP contribution is -2.35. The van der Waals surface area contributed by atoms with Crippen molar-refractivity contribution in [3.8, 4) is 11.3 Å². The fraction of sp³-hybridized carbons (Fsp3) is 0.188. The first-order valence-electron chi connectivity index (χ1n) is 7.05. The first-order valence-corrected chi connectivity index (χ1v) is 7.43. The van der Waals surface area contributed by atoms with Crippen molar-refractivity contribution in [2.75, 3.05) is 19.8 Å². The molecule has 0 aliphatic carbocycles. The highest BCUT2D eigenvalue weighted by Gasteiger charge is 2.29. The molecule has 124 valence electrons. The van der Waals surface area contributed by atoms with Crippen molar-refractivity contribution in [2.24, 2.45) is 0 Å². The largest absolute Gasteiger partial charge is 0.450 e. The van der Waals surface area contributed by atoms with Gasteiger partial charge in [0.15, 0.2) is 6.61 Å². The number of ether oxygens (including phenoxy) is 2. The summed E-state index contributed by atoms with van der Waals surface area (Å²) in [6.07, 6.45) is -0.741. The highest BCUT2D eigenvalue weighted by atomic mass is 35.5. The smallest absolute Gasteiger partial charge is 0.416 e. The number of halogens is 1. The zero-order valence-corrected chi connectivity index (χ0v) is 13.1. The highest BCUT2D eigenvalue weighted by molar-refractivity contribution is 6.33. The second kappa shape index (κ2) is 6.76. The normalized spacial score (nSPS) is 13.7. The average molecular weight is 350 g/mol. The van der Waals surface area contributed by atoms with Crippen molar-refractivity contribution in [1.29, 1.82) is 0 Å².